The normalized spacial score (nSPS) is 24.0. The predicted molar refractivity (Wildman–Crippen MR) is 75.0 cm³/mol. The summed E-state index contributed by atoms with van der Waals surface area (Å²) in [4.78, 5) is 0.0181. The molecule has 0 aromatic heterocycles. The molecule has 0 aliphatic carbocycles. The van der Waals surface area contributed by atoms with E-state index >= 15 is 0 Å². The largest absolute Gasteiger partial charge is 0.418 e. The van der Waals surface area contributed by atoms with Crippen LogP contribution < -0.4 is 0 Å². The zero-order valence-electron chi connectivity index (χ0n) is 12.5. The lowest BCUT2D eigenvalue weighted by Gasteiger charge is -2.26. The maximum Gasteiger partial charge on any atom is 0.418 e. The molecule has 1 heterocycles. The Balaban J connectivity index is 2.42. The van der Waals surface area contributed by atoms with Gasteiger partial charge in [0.15, 0.2) is 5.60 Å². The topological polar surface area (TPSA) is 57.6 Å². The zero-order chi connectivity index (χ0) is 16.9. The minimum Gasteiger partial charge on any atom is -0.379 e. The molecule has 0 bridgehead atoms. The van der Waals surface area contributed by atoms with Crippen LogP contribution in [0.2, 0.25) is 0 Å². The molecule has 2 rings (SSSR count). The van der Waals surface area contributed by atoms with Crippen molar-refractivity contribution in [3.05, 3.63) is 28.8 Å². The number of rotatable bonds is 2. The highest BCUT2D eigenvalue weighted by Crippen LogP contribution is 2.40. The molecular weight excluding hydrogens is 319 g/mol. The first-order chi connectivity index (χ1) is 9.88. The van der Waals surface area contributed by atoms with Crippen LogP contribution in [0.4, 0.5) is 13.2 Å². The van der Waals surface area contributed by atoms with Gasteiger partial charge in [0.25, 0.3) is 0 Å². The number of alkyl halides is 3. The Kier molecular flexibility index (Phi) is 4.08. The third-order valence-corrected chi connectivity index (χ3v) is 6.09. The summed E-state index contributed by atoms with van der Waals surface area (Å²) >= 11 is 0. The molecule has 1 aliphatic heterocycles. The van der Waals surface area contributed by atoms with Crippen molar-refractivity contribution in [2.24, 2.45) is 0 Å². The Hall–Kier alpha value is -1.12. The second kappa shape index (κ2) is 5.21. The lowest BCUT2D eigenvalue weighted by atomic mass is 10.0. The second-order valence-corrected chi connectivity index (χ2v) is 7.72. The SMILES string of the molecule is Cc1cc(C)c(S(=O)(=O)N2CCC(O)(C(F)(F)F)C2)c(C)c1. The van der Waals surface area contributed by atoms with E-state index in [1.807, 2.05) is 6.92 Å². The monoisotopic (exact) mass is 337 g/mol. The van der Waals surface area contributed by atoms with E-state index in [-0.39, 0.29) is 11.4 Å². The summed E-state index contributed by atoms with van der Waals surface area (Å²) in [5.74, 6) is 0. The molecule has 1 aromatic carbocycles. The first-order valence-electron chi connectivity index (χ1n) is 6.75. The summed E-state index contributed by atoms with van der Waals surface area (Å²) < 4.78 is 64.6. The smallest absolute Gasteiger partial charge is 0.379 e. The van der Waals surface area contributed by atoms with E-state index in [2.05, 4.69) is 0 Å². The van der Waals surface area contributed by atoms with Crippen LogP contribution >= 0.6 is 0 Å². The Morgan fingerprint density at radius 2 is 1.68 bits per heavy atom. The summed E-state index contributed by atoms with van der Waals surface area (Å²) in [5.41, 5.74) is -1.13. The van der Waals surface area contributed by atoms with Gasteiger partial charge in [-0.1, -0.05) is 17.7 Å². The summed E-state index contributed by atoms with van der Waals surface area (Å²) in [5, 5.41) is 9.66. The molecule has 0 radical (unpaired) electrons. The maximum atomic E-state index is 12.8. The molecule has 8 heteroatoms. The molecule has 1 saturated heterocycles. The van der Waals surface area contributed by atoms with Crippen molar-refractivity contribution in [1.82, 2.24) is 4.31 Å². The van der Waals surface area contributed by atoms with Crippen molar-refractivity contribution in [1.29, 1.82) is 0 Å². The molecule has 0 saturated carbocycles. The van der Waals surface area contributed by atoms with Crippen LogP contribution in [0.3, 0.4) is 0 Å². The van der Waals surface area contributed by atoms with Gasteiger partial charge >= 0.3 is 6.18 Å². The number of hydrogen-bond acceptors (Lipinski definition) is 3. The van der Waals surface area contributed by atoms with Gasteiger partial charge < -0.3 is 5.11 Å². The Bertz CT molecular complexity index is 677. The van der Waals surface area contributed by atoms with E-state index < -0.39 is 34.8 Å². The summed E-state index contributed by atoms with van der Waals surface area (Å²) in [6.45, 7) is 3.71. The standard InChI is InChI=1S/C14H18F3NO3S/c1-9-6-10(2)12(11(3)7-9)22(20,21)18-5-4-13(19,8-18)14(15,16)17/h6-7,19H,4-5,8H2,1-3H3. The van der Waals surface area contributed by atoms with Crippen molar-refractivity contribution >= 4 is 10.0 Å². The van der Waals surface area contributed by atoms with Gasteiger partial charge in [-0.3, -0.25) is 0 Å². The van der Waals surface area contributed by atoms with Gasteiger partial charge in [-0.15, -0.1) is 0 Å². The van der Waals surface area contributed by atoms with Crippen LogP contribution in [0, 0.1) is 20.8 Å². The van der Waals surface area contributed by atoms with E-state index in [1.165, 1.54) is 0 Å². The van der Waals surface area contributed by atoms with Crippen molar-refractivity contribution < 1.29 is 26.7 Å². The summed E-state index contributed by atoms with van der Waals surface area (Å²) in [6, 6.07) is 3.35. The summed E-state index contributed by atoms with van der Waals surface area (Å²) in [6.07, 6.45) is -5.51. The fourth-order valence-electron chi connectivity index (χ4n) is 2.90. The number of aryl methyl sites for hydroxylation is 3. The molecule has 1 aliphatic rings. The number of halogens is 3. The van der Waals surface area contributed by atoms with Gasteiger partial charge in [0.1, 0.15) is 0 Å². The fourth-order valence-corrected chi connectivity index (χ4v) is 4.80. The third-order valence-electron chi connectivity index (χ3n) is 3.94. The van der Waals surface area contributed by atoms with Gasteiger partial charge in [0.05, 0.1) is 11.4 Å². The summed E-state index contributed by atoms with van der Waals surface area (Å²) in [7, 11) is -4.07. The van der Waals surface area contributed by atoms with Crippen molar-refractivity contribution in [2.75, 3.05) is 13.1 Å². The van der Waals surface area contributed by atoms with Gasteiger partial charge in [0.2, 0.25) is 10.0 Å². The fraction of sp³-hybridized carbons (Fsp3) is 0.571. The molecule has 1 atom stereocenters. The molecule has 0 amide bonds. The molecule has 22 heavy (non-hydrogen) atoms. The highest BCUT2D eigenvalue weighted by molar-refractivity contribution is 7.89. The molecular formula is C14H18F3NO3S. The number of aliphatic hydroxyl groups is 1. The average Bonchev–Trinajstić information content (AvgIpc) is 2.71. The van der Waals surface area contributed by atoms with Gasteiger partial charge in [0, 0.05) is 13.0 Å². The first kappa shape index (κ1) is 17.2. The third kappa shape index (κ3) is 2.75. The number of hydrogen-bond donors (Lipinski definition) is 1. The molecule has 124 valence electrons. The number of benzene rings is 1. The van der Waals surface area contributed by atoms with Crippen LogP contribution in [0.1, 0.15) is 23.1 Å². The van der Waals surface area contributed by atoms with Crippen molar-refractivity contribution in [3.63, 3.8) is 0 Å². The van der Waals surface area contributed by atoms with Crippen LogP contribution in [0.25, 0.3) is 0 Å². The lowest BCUT2D eigenvalue weighted by molar-refractivity contribution is -0.252. The number of β-amino-alcohol motifs (C(OH)–C–C–N with tert-alkyl or cyclic N) is 1. The van der Waals surface area contributed by atoms with E-state index in [0.717, 1.165) is 5.56 Å². The van der Waals surface area contributed by atoms with Crippen LogP contribution in [-0.4, -0.2) is 42.7 Å². The first-order valence-corrected chi connectivity index (χ1v) is 8.19. The molecule has 4 nitrogen and oxygen atoms in total. The van der Waals surface area contributed by atoms with Gasteiger partial charge in [-0.25, -0.2) is 8.42 Å². The highest BCUT2D eigenvalue weighted by atomic mass is 32.2. The van der Waals surface area contributed by atoms with Crippen LogP contribution in [0.15, 0.2) is 17.0 Å². The molecule has 1 fully saturated rings. The van der Waals surface area contributed by atoms with Crippen molar-refractivity contribution in [2.45, 2.75) is 43.9 Å². The maximum absolute atomic E-state index is 12.8. The minimum absolute atomic E-state index is 0.0181. The van der Waals surface area contributed by atoms with E-state index in [9.17, 15) is 26.7 Å². The Labute approximate surface area is 127 Å². The number of nitrogens with zero attached hydrogens (tertiary/aromatic N) is 1. The van der Waals surface area contributed by atoms with E-state index in [1.54, 1.807) is 26.0 Å². The van der Waals surface area contributed by atoms with Gasteiger partial charge in [-0.05, 0) is 31.9 Å². The Morgan fingerprint density at radius 3 is 2.09 bits per heavy atom. The Morgan fingerprint density at radius 1 is 1.18 bits per heavy atom. The van der Waals surface area contributed by atoms with Crippen molar-refractivity contribution in [3.8, 4) is 0 Å². The zero-order valence-corrected chi connectivity index (χ0v) is 13.3. The van der Waals surface area contributed by atoms with E-state index in [0.29, 0.717) is 15.4 Å². The predicted octanol–water partition coefficient (Wildman–Crippen LogP) is 2.30. The quantitative estimate of drug-likeness (QED) is 0.901. The molecule has 0 spiro atoms. The average molecular weight is 337 g/mol. The second-order valence-electron chi connectivity index (χ2n) is 5.85. The molecule has 1 unspecified atom stereocenters. The minimum atomic E-state index is -4.85. The molecule has 1 aromatic rings. The van der Waals surface area contributed by atoms with Crippen LogP contribution in [0.5, 0.6) is 0 Å². The highest BCUT2D eigenvalue weighted by Gasteiger charge is 2.59. The lowest BCUT2D eigenvalue weighted by Crippen LogP contribution is -2.48. The number of sulfonamides is 1. The van der Waals surface area contributed by atoms with Gasteiger partial charge in [-0.2, -0.15) is 17.5 Å². The molecule has 1 N–H and O–H groups in total. The van der Waals surface area contributed by atoms with Crippen LogP contribution in [-0.2, 0) is 10.0 Å². The van der Waals surface area contributed by atoms with E-state index in [4.69, 9.17) is 0 Å².